The number of benzene rings is 1. The van der Waals surface area contributed by atoms with Crippen molar-refractivity contribution in [2.45, 2.75) is 291 Å². The van der Waals surface area contributed by atoms with Crippen molar-refractivity contribution in [2.24, 2.45) is 10.4 Å². The Morgan fingerprint density at radius 2 is 0.862 bits per heavy atom. The lowest BCUT2D eigenvalue weighted by Gasteiger charge is -2.34. The molecule has 0 fully saturated rings. The van der Waals surface area contributed by atoms with E-state index in [0.29, 0.717) is 37.5 Å². The van der Waals surface area contributed by atoms with Crippen molar-refractivity contribution in [3.63, 3.8) is 0 Å². The van der Waals surface area contributed by atoms with Crippen LogP contribution in [0.3, 0.4) is 0 Å². The summed E-state index contributed by atoms with van der Waals surface area (Å²) in [6.07, 6.45) is 39.3. The minimum absolute atomic E-state index is 0.00105. The molecule has 0 spiro atoms. The van der Waals surface area contributed by atoms with Crippen molar-refractivity contribution < 1.29 is 28.9 Å². The summed E-state index contributed by atoms with van der Waals surface area (Å²) in [5.74, 6) is 0.312. The van der Waals surface area contributed by atoms with Crippen LogP contribution in [0.1, 0.15) is 284 Å². The molecule has 0 aromatic heterocycles. The number of carbonyl (C=O) groups is 2. The molecular formula is C58H103NO6. The molecular weight excluding hydrogens is 807 g/mol. The van der Waals surface area contributed by atoms with Crippen molar-refractivity contribution in [1.29, 1.82) is 0 Å². The third-order valence-electron chi connectivity index (χ3n) is 13.6. The van der Waals surface area contributed by atoms with Gasteiger partial charge in [-0.05, 0) is 53.7 Å². The molecule has 1 aliphatic heterocycles. The number of hydrogen-bond acceptors (Lipinski definition) is 7. The lowest BCUT2D eigenvalue weighted by Crippen LogP contribution is -2.44. The van der Waals surface area contributed by atoms with Crippen molar-refractivity contribution in [3.05, 3.63) is 28.8 Å². The zero-order valence-corrected chi connectivity index (χ0v) is 44.1. The van der Waals surface area contributed by atoms with Gasteiger partial charge >= 0.3 is 11.9 Å². The highest BCUT2D eigenvalue weighted by atomic mass is 16.6. The molecule has 0 radical (unpaired) electrons. The average molecular weight is 910 g/mol. The van der Waals surface area contributed by atoms with Gasteiger partial charge in [0.05, 0.1) is 6.04 Å². The highest BCUT2D eigenvalue weighted by molar-refractivity contribution is 5.85. The van der Waals surface area contributed by atoms with E-state index in [1.165, 1.54) is 154 Å². The first kappa shape index (κ1) is 58.6. The second-order valence-corrected chi connectivity index (χ2v) is 22.3. The van der Waals surface area contributed by atoms with Gasteiger partial charge in [-0.15, -0.1) is 0 Å². The van der Waals surface area contributed by atoms with Crippen LogP contribution in [0.25, 0.3) is 0 Å². The molecule has 2 rings (SSSR count). The molecule has 0 saturated heterocycles. The fourth-order valence-electron chi connectivity index (χ4n) is 9.30. The van der Waals surface area contributed by atoms with Crippen molar-refractivity contribution in [1.82, 2.24) is 0 Å². The van der Waals surface area contributed by atoms with E-state index in [2.05, 4.69) is 67.5 Å². The van der Waals surface area contributed by atoms with Gasteiger partial charge in [0.25, 0.3) is 0 Å². The number of hydrogen-bond donors (Lipinski definition) is 1. The van der Waals surface area contributed by atoms with E-state index in [0.717, 1.165) is 55.2 Å². The Hall–Kier alpha value is -2.57. The van der Waals surface area contributed by atoms with E-state index < -0.39 is 5.41 Å². The van der Waals surface area contributed by atoms with Crippen LogP contribution in [0.5, 0.6) is 5.75 Å². The number of nitrogens with zero attached hydrogens (tertiary/aromatic N) is 1. The Labute approximate surface area is 401 Å². The van der Waals surface area contributed by atoms with Gasteiger partial charge in [0.15, 0.2) is 5.90 Å². The molecule has 1 aromatic rings. The van der Waals surface area contributed by atoms with Crippen molar-refractivity contribution in [2.75, 3.05) is 19.8 Å². The van der Waals surface area contributed by atoms with E-state index in [9.17, 15) is 14.7 Å². The number of aromatic hydroxyl groups is 1. The van der Waals surface area contributed by atoms with Gasteiger partial charge in [0, 0.05) is 12.8 Å². The molecule has 1 aliphatic rings. The number of esters is 2. The molecule has 376 valence electrons. The quantitative estimate of drug-likeness (QED) is 0.0522. The molecule has 7 nitrogen and oxygen atoms in total. The van der Waals surface area contributed by atoms with E-state index >= 15 is 0 Å². The maximum atomic E-state index is 13.4. The predicted molar refractivity (Wildman–Crippen MR) is 276 cm³/mol. The lowest BCUT2D eigenvalue weighted by molar-refractivity contribution is -0.151. The Morgan fingerprint density at radius 1 is 0.554 bits per heavy atom. The minimum Gasteiger partial charge on any atom is -0.507 e. The lowest BCUT2D eigenvalue weighted by atomic mass is 9.75. The first-order valence-electron chi connectivity index (χ1n) is 27.5. The molecule has 0 aliphatic carbocycles. The van der Waals surface area contributed by atoms with Crippen LogP contribution in [0.4, 0.5) is 0 Å². The van der Waals surface area contributed by atoms with Gasteiger partial charge in [-0.2, -0.15) is 0 Å². The number of phenols is 1. The van der Waals surface area contributed by atoms with Gasteiger partial charge in [0.2, 0.25) is 0 Å². The van der Waals surface area contributed by atoms with Crippen LogP contribution in [-0.4, -0.2) is 48.8 Å². The monoisotopic (exact) mass is 910 g/mol. The topological polar surface area (TPSA) is 94.4 Å². The average Bonchev–Trinajstić information content (AvgIpc) is 3.70. The maximum Gasteiger partial charge on any atom is 0.305 e. The summed E-state index contributed by atoms with van der Waals surface area (Å²) in [6.45, 7) is 19.6. The second kappa shape index (κ2) is 33.8. The minimum atomic E-state index is -1.01. The third-order valence-corrected chi connectivity index (χ3v) is 13.6. The summed E-state index contributed by atoms with van der Waals surface area (Å²) < 4.78 is 18.6. The first-order valence-corrected chi connectivity index (χ1v) is 27.5. The summed E-state index contributed by atoms with van der Waals surface area (Å²) in [5, 5.41) is 11.6. The van der Waals surface area contributed by atoms with Crippen LogP contribution >= 0.6 is 0 Å². The molecule has 1 atom stereocenters. The smallest absolute Gasteiger partial charge is 0.305 e. The van der Waals surface area contributed by atoms with Crippen LogP contribution in [0.15, 0.2) is 17.1 Å². The molecule has 7 heteroatoms. The van der Waals surface area contributed by atoms with E-state index in [1.807, 2.05) is 6.92 Å². The van der Waals surface area contributed by atoms with Gasteiger partial charge in [0.1, 0.15) is 31.0 Å². The molecule has 1 aromatic carbocycles. The first-order chi connectivity index (χ1) is 31.1. The van der Waals surface area contributed by atoms with E-state index in [-0.39, 0.29) is 42.0 Å². The van der Waals surface area contributed by atoms with E-state index in [1.54, 1.807) is 0 Å². The normalized spacial score (nSPS) is 14.4. The molecule has 0 saturated carbocycles. The van der Waals surface area contributed by atoms with Gasteiger partial charge in [-0.3, -0.25) is 9.59 Å². The highest BCUT2D eigenvalue weighted by Crippen LogP contribution is 2.42. The second-order valence-electron chi connectivity index (χ2n) is 22.3. The van der Waals surface area contributed by atoms with Crippen molar-refractivity contribution >= 4 is 17.8 Å². The summed E-state index contributed by atoms with van der Waals surface area (Å²) in [4.78, 5) is 31.8. The molecule has 1 N–H and O–H groups in total. The van der Waals surface area contributed by atoms with Crippen LogP contribution in [0.2, 0.25) is 0 Å². The number of aliphatic imine (C=N–C) groups is 1. The fourth-order valence-corrected chi connectivity index (χ4v) is 9.30. The Bertz CT molecular complexity index is 1350. The summed E-state index contributed by atoms with van der Waals surface area (Å²) in [6, 6.07) is 4.06. The van der Waals surface area contributed by atoms with Gasteiger partial charge in [-0.25, -0.2) is 4.99 Å². The third kappa shape index (κ3) is 26.0. The number of phenolic OH excluding ortho intramolecular Hbond substituents is 1. The fraction of sp³-hybridized carbons (Fsp3) is 0.845. The molecule has 0 amide bonds. The SMILES string of the molecule is CCCCCCCCCCCCCCCCCC(=O)OCC(COC(=O)CCCCCCCCCCCCCCCCC)(Cc1cc(C(C)(C)C)c(O)c(C(C)(C)C)c1)C1=NC(C)CO1. The molecule has 1 heterocycles. The number of carbonyl (C=O) groups excluding carboxylic acids is 2. The predicted octanol–water partition coefficient (Wildman–Crippen LogP) is 16.9. The Balaban J connectivity index is 2.00. The van der Waals surface area contributed by atoms with Gasteiger partial charge in [-0.1, -0.05) is 247 Å². The zero-order valence-electron chi connectivity index (χ0n) is 44.1. The largest absolute Gasteiger partial charge is 0.507 e. The summed E-state index contributed by atoms with van der Waals surface area (Å²) in [5.41, 5.74) is 1.01. The van der Waals surface area contributed by atoms with Crippen LogP contribution in [0, 0.1) is 5.41 Å². The number of unbranched alkanes of at least 4 members (excludes halogenated alkanes) is 28. The van der Waals surface area contributed by atoms with Crippen LogP contribution in [-0.2, 0) is 41.1 Å². The van der Waals surface area contributed by atoms with Crippen molar-refractivity contribution in [3.8, 4) is 5.75 Å². The highest BCUT2D eigenvalue weighted by Gasteiger charge is 2.44. The summed E-state index contributed by atoms with van der Waals surface area (Å²) in [7, 11) is 0. The number of rotatable bonds is 39. The van der Waals surface area contributed by atoms with Gasteiger partial charge < -0.3 is 19.3 Å². The maximum absolute atomic E-state index is 13.4. The standard InChI is InChI=1S/C58H103NO6/c1-10-12-14-16-18-20-22-24-26-28-30-32-34-36-38-40-52(60)64-46-58(55-59-48(3)45-63-55,44-49-42-50(56(4,5)6)54(62)51(43-49)57(7,8)9)47-65-53(61)41-39-37-35-33-31-29-27-25-23-21-19-17-15-13-11-2/h42-43,48,62H,10-41,44-47H2,1-9H3. The Kier molecular flexibility index (Phi) is 30.5. The molecule has 1 unspecified atom stereocenters. The zero-order chi connectivity index (χ0) is 47.8. The molecule has 0 bridgehead atoms. The summed E-state index contributed by atoms with van der Waals surface area (Å²) >= 11 is 0. The molecule has 65 heavy (non-hydrogen) atoms. The Morgan fingerprint density at radius 3 is 1.14 bits per heavy atom. The van der Waals surface area contributed by atoms with Crippen LogP contribution < -0.4 is 0 Å². The van der Waals surface area contributed by atoms with E-state index in [4.69, 9.17) is 19.2 Å². The number of ether oxygens (including phenoxy) is 3.